The third-order valence-electron chi connectivity index (χ3n) is 3.95. The number of nitrogens with one attached hydrogen (secondary N) is 1. The van der Waals surface area contributed by atoms with Gasteiger partial charge in [0.1, 0.15) is 11.5 Å². The molecule has 1 aliphatic rings. The molecule has 2 rings (SSSR count). The molecular weight excluding hydrogens is 282 g/mol. The minimum Gasteiger partial charge on any atom is -0.497 e. The summed E-state index contributed by atoms with van der Waals surface area (Å²) in [5.74, 6) is 1.60. The van der Waals surface area contributed by atoms with E-state index in [4.69, 9.17) is 15.2 Å². The molecule has 1 fully saturated rings. The van der Waals surface area contributed by atoms with Crippen LogP contribution in [-0.2, 0) is 11.3 Å². The summed E-state index contributed by atoms with van der Waals surface area (Å²) in [6, 6.07) is 5.51. The number of likely N-dealkylation sites (N-methyl/N-ethyl adjacent to an activating group) is 1. The predicted octanol–water partition coefficient (Wildman–Crippen LogP) is 0.742. The number of carbonyl (C=O) groups is 1. The number of hydrogen-bond acceptors (Lipinski definition) is 5. The molecule has 1 aromatic rings. The molecule has 1 amide bonds. The molecule has 0 radical (unpaired) electrons. The maximum atomic E-state index is 12.2. The van der Waals surface area contributed by atoms with Crippen molar-refractivity contribution in [3.05, 3.63) is 23.8 Å². The van der Waals surface area contributed by atoms with Crippen LogP contribution in [0.15, 0.2) is 18.2 Å². The largest absolute Gasteiger partial charge is 0.497 e. The summed E-state index contributed by atoms with van der Waals surface area (Å²) in [6.45, 7) is 3.85. The first-order valence-corrected chi connectivity index (χ1v) is 7.57. The van der Waals surface area contributed by atoms with E-state index < -0.39 is 0 Å². The van der Waals surface area contributed by atoms with Crippen LogP contribution in [0.2, 0.25) is 0 Å². The second-order valence-corrected chi connectivity index (χ2v) is 5.51. The van der Waals surface area contributed by atoms with Crippen molar-refractivity contribution in [3.63, 3.8) is 0 Å². The third-order valence-corrected chi connectivity index (χ3v) is 3.95. The van der Waals surface area contributed by atoms with E-state index in [0.29, 0.717) is 26.1 Å². The number of likely N-dealkylation sites (tertiary alicyclic amines) is 1. The van der Waals surface area contributed by atoms with E-state index in [1.165, 1.54) is 0 Å². The summed E-state index contributed by atoms with van der Waals surface area (Å²) in [6.07, 6.45) is 0.679. The van der Waals surface area contributed by atoms with Gasteiger partial charge in [-0.25, -0.2) is 0 Å². The maximum absolute atomic E-state index is 12.2. The summed E-state index contributed by atoms with van der Waals surface area (Å²) in [4.78, 5) is 14.3. The zero-order chi connectivity index (χ0) is 16.1. The van der Waals surface area contributed by atoms with Gasteiger partial charge in [-0.1, -0.05) is 0 Å². The van der Waals surface area contributed by atoms with E-state index in [9.17, 15) is 4.79 Å². The number of ether oxygens (including phenoxy) is 2. The van der Waals surface area contributed by atoms with Gasteiger partial charge in [-0.15, -0.1) is 0 Å². The van der Waals surface area contributed by atoms with Crippen molar-refractivity contribution in [2.75, 3.05) is 27.3 Å². The Morgan fingerprint density at radius 1 is 1.41 bits per heavy atom. The normalized spacial score (nSPS) is 21.6. The summed E-state index contributed by atoms with van der Waals surface area (Å²) in [7, 11) is 3.27. The Labute approximate surface area is 131 Å². The van der Waals surface area contributed by atoms with E-state index in [0.717, 1.165) is 17.1 Å². The molecule has 0 spiro atoms. The van der Waals surface area contributed by atoms with Crippen molar-refractivity contribution in [1.82, 2.24) is 10.2 Å². The summed E-state index contributed by atoms with van der Waals surface area (Å²) >= 11 is 0. The third kappa shape index (κ3) is 3.69. The number of amides is 1. The number of hydrogen-bond donors (Lipinski definition) is 2. The standard InChI is InChI=1S/C16H25N3O3/c1-4-18-16(20)14-8-12(17)10-19(14)9-11-7-13(21-2)5-6-15(11)22-3/h5-7,12,14H,4,8-10,17H2,1-3H3,(H,18,20)/t12-,14+/m1/s1. The van der Waals surface area contributed by atoms with Crippen molar-refractivity contribution in [2.24, 2.45) is 5.73 Å². The lowest BCUT2D eigenvalue weighted by molar-refractivity contribution is -0.125. The molecule has 0 aromatic heterocycles. The smallest absolute Gasteiger partial charge is 0.237 e. The summed E-state index contributed by atoms with van der Waals surface area (Å²) in [5.41, 5.74) is 7.04. The minimum atomic E-state index is -0.189. The van der Waals surface area contributed by atoms with Gasteiger partial charge in [-0.3, -0.25) is 9.69 Å². The molecule has 122 valence electrons. The van der Waals surface area contributed by atoms with Gasteiger partial charge in [0.2, 0.25) is 5.91 Å². The maximum Gasteiger partial charge on any atom is 0.237 e. The lowest BCUT2D eigenvalue weighted by Gasteiger charge is -2.24. The van der Waals surface area contributed by atoms with Crippen LogP contribution < -0.4 is 20.5 Å². The highest BCUT2D eigenvalue weighted by Crippen LogP contribution is 2.28. The van der Waals surface area contributed by atoms with E-state index in [2.05, 4.69) is 10.2 Å². The van der Waals surface area contributed by atoms with E-state index in [1.807, 2.05) is 25.1 Å². The Bertz CT molecular complexity index is 521. The van der Waals surface area contributed by atoms with Gasteiger partial charge in [-0.05, 0) is 31.5 Å². The number of carbonyl (C=O) groups excluding carboxylic acids is 1. The Morgan fingerprint density at radius 2 is 2.18 bits per heavy atom. The fraction of sp³-hybridized carbons (Fsp3) is 0.562. The molecule has 0 bridgehead atoms. The Balaban J connectivity index is 2.18. The van der Waals surface area contributed by atoms with Crippen molar-refractivity contribution in [1.29, 1.82) is 0 Å². The number of rotatable bonds is 6. The fourth-order valence-corrected chi connectivity index (χ4v) is 2.90. The second kappa shape index (κ2) is 7.47. The van der Waals surface area contributed by atoms with E-state index in [-0.39, 0.29) is 18.0 Å². The van der Waals surface area contributed by atoms with Crippen LogP contribution in [0, 0.1) is 0 Å². The quantitative estimate of drug-likeness (QED) is 0.811. The predicted molar refractivity (Wildman–Crippen MR) is 85.0 cm³/mol. The molecule has 0 aliphatic carbocycles. The SMILES string of the molecule is CCNC(=O)[C@@H]1C[C@@H](N)CN1Cc1cc(OC)ccc1OC. The first kappa shape index (κ1) is 16.6. The van der Waals surface area contributed by atoms with Gasteiger partial charge < -0.3 is 20.5 Å². The van der Waals surface area contributed by atoms with Gasteiger partial charge in [0.05, 0.1) is 20.3 Å². The first-order valence-electron chi connectivity index (χ1n) is 7.57. The molecule has 1 aliphatic heterocycles. The Kier molecular flexibility index (Phi) is 5.63. The fourth-order valence-electron chi connectivity index (χ4n) is 2.90. The van der Waals surface area contributed by atoms with Crippen molar-refractivity contribution < 1.29 is 14.3 Å². The minimum absolute atomic E-state index is 0.0178. The zero-order valence-electron chi connectivity index (χ0n) is 13.5. The van der Waals surface area contributed by atoms with Gasteiger partial charge in [0.25, 0.3) is 0 Å². The topological polar surface area (TPSA) is 76.8 Å². The summed E-state index contributed by atoms with van der Waals surface area (Å²) in [5, 5.41) is 2.88. The molecule has 2 atom stereocenters. The molecule has 3 N–H and O–H groups in total. The molecule has 1 aromatic carbocycles. The molecule has 6 heteroatoms. The number of methoxy groups -OCH3 is 2. The molecule has 22 heavy (non-hydrogen) atoms. The van der Waals surface area contributed by atoms with Crippen LogP contribution in [0.5, 0.6) is 11.5 Å². The van der Waals surface area contributed by atoms with Crippen molar-refractivity contribution >= 4 is 5.91 Å². The molecule has 6 nitrogen and oxygen atoms in total. The first-order chi connectivity index (χ1) is 10.6. The van der Waals surface area contributed by atoms with E-state index >= 15 is 0 Å². The monoisotopic (exact) mass is 307 g/mol. The molecule has 0 unspecified atom stereocenters. The zero-order valence-corrected chi connectivity index (χ0v) is 13.5. The van der Waals surface area contributed by atoms with Crippen LogP contribution in [0.3, 0.4) is 0 Å². The van der Waals surface area contributed by atoms with Crippen LogP contribution >= 0.6 is 0 Å². The van der Waals surface area contributed by atoms with Crippen LogP contribution in [0.1, 0.15) is 18.9 Å². The second-order valence-electron chi connectivity index (χ2n) is 5.51. The van der Waals surface area contributed by atoms with Gasteiger partial charge in [0.15, 0.2) is 0 Å². The van der Waals surface area contributed by atoms with Crippen molar-refractivity contribution in [3.8, 4) is 11.5 Å². The number of nitrogens with two attached hydrogens (primary N) is 1. The van der Waals surface area contributed by atoms with E-state index in [1.54, 1.807) is 14.2 Å². The lowest BCUT2D eigenvalue weighted by atomic mass is 10.1. The highest BCUT2D eigenvalue weighted by molar-refractivity contribution is 5.82. The van der Waals surface area contributed by atoms with Crippen molar-refractivity contribution in [2.45, 2.75) is 32.0 Å². The Morgan fingerprint density at radius 3 is 2.82 bits per heavy atom. The van der Waals surface area contributed by atoms with Crippen LogP contribution in [-0.4, -0.2) is 50.2 Å². The van der Waals surface area contributed by atoms with Gasteiger partial charge in [0, 0.05) is 31.2 Å². The molecule has 1 saturated heterocycles. The highest BCUT2D eigenvalue weighted by Gasteiger charge is 2.35. The average molecular weight is 307 g/mol. The average Bonchev–Trinajstić information content (AvgIpc) is 2.88. The molecule has 1 heterocycles. The summed E-state index contributed by atoms with van der Waals surface area (Å²) < 4.78 is 10.7. The van der Waals surface area contributed by atoms with Gasteiger partial charge in [-0.2, -0.15) is 0 Å². The number of nitrogens with zero attached hydrogens (tertiary/aromatic N) is 1. The highest BCUT2D eigenvalue weighted by atomic mass is 16.5. The van der Waals surface area contributed by atoms with Crippen LogP contribution in [0.4, 0.5) is 0 Å². The Hall–Kier alpha value is -1.79. The molecule has 0 saturated carbocycles. The van der Waals surface area contributed by atoms with Gasteiger partial charge >= 0.3 is 0 Å². The number of benzene rings is 1. The molecular formula is C16H25N3O3. The lowest BCUT2D eigenvalue weighted by Crippen LogP contribution is -2.42. The van der Waals surface area contributed by atoms with Crippen LogP contribution in [0.25, 0.3) is 0 Å².